The first-order chi connectivity index (χ1) is 11.0. The summed E-state index contributed by atoms with van der Waals surface area (Å²) in [5.74, 6) is -1.46. The zero-order valence-electron chi connectivity index (χ0n) is 11.8. The van der Waals surface area contributed by atoms with E-state index in [0.29, 0.717) is 4.90 Å². The summed E-state index contributed by atoms with van der Waals surface area (Å²) in [7, 11) is 0.868. The molecule has 1 aliphatic rings. The Balaban J connectivity index is 2.74. The van der Waals surface area contributed by atoms with Crippen molar-refractivity contribution in [3.63, 3.8) is 0 Å². The molecule has 1 aliphatic heterocycles. The van der Waals surface area contributed by atoms with Crippen LogP contribution in [0.25, 0.3) is 0 Å². The number of isocyanates is 1. The molecule has 24 heavy (non-hydrogen) atoms. The monoisotopic (exact) mass is 355 g/mol. The number of halogens is 7. The Morgan fingerprint density at radius 3 is 2.04 bits per heavy atom. The van der Waals surface area contributed by atoms with E-state index in [-0.39, 0.29) is 5.56 Å². The predicted octanol–water partition coefficient (Wildman–Crippen LogP) is 3.04. The van der Waals surface area contributed by atoms with Gasteiger partial charge >= 0.3 is 12.4 Å². The molecule has 130 valence electrons. The summed E-state index contributed by atoms with van der Waals surface area (Å²) >= 11 is 0. The SMILES string of the molecule is CN1C(c2ccc(F)cc2)=NC(C(F)(F)F)(C(F)(F)F)C1N=C=O. The van der Waals surface area contributed by atoms with Gasteiger partial charge in [-0.15, -0.1) is 0 Å². The lowest BCUT2D eigenvalue weighted by atomic mass is 9.95. The van der Waals surface area contributed by atoms with Crippen LogP contribution in [0, 0.1) is 5.82 Å². The number of benzene rings is 1. The van der Waals surface area contributed by atoms with Gasteiger partial charge in [0.15, 0.2) is 6.17 Å². The molecule has 11 heteroatoms. The standard InChI is InChI=1S/C13H8F7N3O/c1-23-9(7-2-4-8(14)5-3-7)22-11(12(15,16)17,13(18,19)20)10(23)21-6-24/h2-5,10H,1H3. The highest BCUT2D eigenvalue weighted by Crippen LogP contribution is 2.52. The molecule has 0 amide bonds. The van der Waals surface area contributed by atoms with Gasteiger partial charge in [-0.3, -0.25) is 0 Å². The summed E-state index contributed by atoms with van der Waals surface area (Å²) in [6, 6.07) is 3.64. The quantitative estimate of drug-likeness (QED) is 0.465. The molecule has 0 N–H and O–H groups in total. The highest BCUT2D eigenvalue weighted by Gasteiger charge is 2.79. The Kier molecular flexibility index (Phi) is 4.17. The Hall–Kier alpha value is -2.42. The van der Waals surface area contributed by atoms with E-state index in [2.05, 4.69) is 9.98 Å². The van der Waals surface area contributed by atoms with Crippen LogP contribution in [0.4, 0.5) is 30.7 Å². The van der Waals surface area contributed by atoms with Gasteiger partial charge in [0.25, 0.3) is 5.54 Å². The van der Waals surface area contributed by atoms with Crippen LogP contribution in [-0.4, -0.2) is 47.9 Å². The van der Waals surface area contributed by atoms with E-state index in [4.69, 9.17) is 0 Å². The van der Waals surface area contributed by atoms with Crippen molar-refractivity contribution in [2.45, 2.75) is 24.1 Å². The molecule has 1 aromatic carbocycles. The molecule has 0 bridgehead atoms. The van der Waals surface area contributed by atoms with Gasteiger partial charge in [0, 0.05) is 12.6 Å². The van der Waals surface area contributed by atoms with Crippen molar-refractivity contribution >= 4 is 11.9 Å². The summed E-state index contributed by atoms with van der Waals surface area (Å²) in [6.45, 7) is 0. The molecule has 1 aromatic rings. The number of rotatable bonds is 2. The molecule has 4 nitrogen and oxygen atoms in total. The molecule has 0 spiro atoms. The van der Waals surface area contributed by atoms with E-state index in [1.165, 1.54) is 0 Å². The maximum atomic E-state index is 13.3. The van der Waals surface area contributed by atoms with Gasteiger partial charge < -0.3 is 4.90 Å². The average molecular weight is 355 g/mol. The van der Waals surface area contributed by atoms with Crippen molar-refractivity contribution in [1.29, 1.82) is 0 Å². The van der Waals surface area contributed by atoms with Gasteiger partial charge in [-0.2, -0.15) is 31.3 Å². The topological polar surface area (TPSA) is 45.0 Å². The fourth-order valence-electron chi connectivity index (χ4n) is 2.38. The number of hydrogen-bond acceptors (Lipinski definition) is 4. The third-order valence-electron chi connectivity index (χ3n) is 3.50. The van der Waals surface area contributed by atoms with Gasteiger partial charge in [-0.05, 0) is 24.3 Å². The van der Waals surface area contributed by atoms with Crippen LogP contribution in [0.5, 0.6) is 0 Å². The van der Waals surface area contributed by atoms with E-state index in [1.54, 1.807) is 0 Å². The number of nitrogens with zero attached hydrogens (tertiary/aromatic N) is 3. The first-order valence-electron chi connectivity index (χ1n) is 6.25. The first kappa shape index (κ1) is 17.9. The Morgan fingerprint density at radius 1 is 1.12 bits per heavy atom. The zero-order chi connectivity index (χ0) is 18.3. The van der Waals surface area contributed by atoms with Crippen molar-refractivity contribution in [2.24, 2.45) is 9.98 Å². The molecular formula is C13H8F7N3O. The molecule has 0 fully saturated rings. The van der Waals surface area contributed by atoms with Crippen molar-refractivity contribution in [2.75, 3.05) is 7.05 Å². The van der Waals surface area contributed by atoms with Crippen molar-refractivity contribution in [1.82, 2.24) is 4.90 Å². The molecule has 0 aromatic heterocycles. The lowest BCUT2D eigenvalue weighted by molar-refractivity contribution is -0.302. The van der Waals surface area contributed by atoms with E-state index in [1.807, 2.05) is 0 Å². The predicted molar refractivity (Wildman–Crippen MR) is 67.5 cm³/mol. The summed E-state index contributed by atoms with van der Waals surface area (Å²) in [5, 5.41) is 0. The third-order valence-corrected chi connectivity index (χ3v) is 3.50. The van der Waals surface area contributed by atoms with E-state index in [0.717, 1.165) is 37.4 Å². The zero-order valence-corrected chi connectivity index (χ0v) is 11.8. The molecule has 0 saturated carbocycles. The van der Waals surface area contributed by atoms with E-state index >= 15 is 0 Å². The number of carbonyl (C=O) groups excluding carboxylic acids is 1. The van der Waals surface area contributed by atoms with Gasteiger partial charge in [0.1, 0.15) is 11.7 Å². The van der Waals surface area contributed by atoms with Gasteiger partial charge in [-0.25, -0.2) is 14.2 Å². The summed E-state index contributed by atoms with van der Waals surface area (Å²) < 4.78 is 92.8. The lowest BCUT2D eigenvalue weighted by Gasteiger charge is -2.35. The third kappa shape index (κ3) is 2.54. The second-order valence-corrected chi connectivity index (χ2v) is 4.91. The Bertz CT molecular complexity index is 688. The number of alkyl halides is 6. The van der Waals surface area contributed by atoms with Crippen molar-refractivity contribution < 1.29 is 35.5 Å². The summed E-state index contributed by atoms with van der Waals surface area (Å²) in [6.07, 6.45) is -13.8. The molecule has 0 saturated heterocycles. The second kappa shape index (κ2) is 5.59. The molecule has 1 heterocycles. The van der Waals surface area contributed by atoms with Crippen molar-refractivity contribution in [3.05, 3.63) is 35.6 Å². The molecule has 0 aliphatic carbocycles. The van der Waals surface area contributed by atoms with Crippen LogP contribution >= 0.6 is 0 Å². The van der Waals surface area contributed by atoms with Crippen LogP contribution < -0.4 is 0 Å². The largest absolute Gasteiger partial charge is 0.426 e. The number of hydrogen-bond donors (Lipinski definition) is 0. The lowest BCUT2D eigenvalue weighted by Crippen LogP contribution is -2.63. The maximum Gasteiger partial charge on any atom is 0.426 e. The second-order valence-electron chi connectivity index (χ2n) is 4.91. The highest BCUT2D eigenvalue weighted by atomic mass is 19.4. The molecule has 1 unspecified atom stereocenters. The van der Waals surface area contributed by atoms with Gasteiger partial charge in [0.05, 0.1) is 0 Å². The highest BCUT2D eigenvalue weighted by molar-refractivity contribution is 6.00. The smallest absolute Gasteiger partial charge is 0.334 e. The maximum absolute atomic E-state index is 13.3. The Labute approximate surface area is 130 Å². The van der Waals surface area contributed by atoms with E-state index < -0.39 is 35.7 Å². The van der Waals surface area contributed by atoms with Gasteiger partial charge in [0.2, 0.25) is 6.08 Å². The first-order valence-corrected chi connectivity index (χ1v) is 6.25. The average Bonchev–Trinajstić information content (AvgIpc) is 2.74. The Morgan fingerprint density at radius 2 is 1.62 bits per heavy atom. The number of likely N-dealkylation sites (N-methyl/N-ethyl adjacent to an activating group) is 1. The minimum Gasteiger partial charge on any atom is -0.334 e. The number of amidine groups is 1. The fourth-order valence-corrected chi connectivity index (χ4v) is 2.38. The van der Waals surface area contributed by atoms with Crippen LogP contribution in [0.3, 0.4) is 0 Å². The molecule has 2 rings (SSSR count). The fraction of sp³-hybridized carbons (Fsp3) is 0.385. The summed E-state index contributed by atoms with van der Waals surface area (Å²) in [4.78, 5) is 16.4. The summed E-state index contributed by atoms with van der Waals surface area (Å²) in [5.41, 5.74) is -4.82. The van der Waals surface area contributed by atoms with Crippen LogP contribution in [-0.2, 0) is 4.79 Å². The molecule has 0 radical (unpaired) electrons. The van der Waals surface area contributed by atoms with Crippen LogP contribution in [0.15, 0.2) is 34.3 Å². The van der Waals surface area contributed by atoms with E-state index in [9.17, 15) is 35.5 Å². The molecule has 1 atom stereocenters. The molecular weight excluding hydrogens is 347 g/mol. The van der Waals surface area contributed by atoms with Gasteiger partial charge in [-0.1, -0.05) is 0 Å². The minimum absolute atomic E-state index is 0.194. The van der Waals surface area contributed by atoms with Crippen LogP contribution in [0.2, 0.25) is 0 Å². The minimum atomic E-state index is -5.88. The van der Waals surface area contributed by atoms with Crippen LogP contribution in [0.1, 0.15) is 5.56 Å². The normalized spacial score (nSPS) is 20.6. The van der Waals surface area contributed by atoms with Crippen molar-refractivity contribution in [3.8, 4) is 0 Å². The number of aliphatic imine (C=N–C) groups is 2.